The van der Waals surface area contributed by atoms with Crippen molar-refractivity contribution in [2.45, 2.75) is 0 Å². The van der Waals surface area contributed by atoms with Gasteiger partial charge in [-0.1, -0.05) is 66.7 Å². The third-order valence-electron chi connectivity index (χ3n) is 10.8. The Kier molecular flexibility index (Phi) is 5.17. The standard InChI is InChI=1S/C46H25N5/c1-2-10-39-33(9-1)37-24-30(32-17-21-50-45-35(32)15-13-27-8-5-19-48-43(27)45)25-38-36-23-29(22-28-6-3-11-40(41(28)36)51(39)46(37)38)31-16-20-49-44-34(31)14-12-26-7-4-18-47-42(26)44/h1-25H. The molecule has 6 heterocycles. The normalized spacial score (nSPS) is 12.3. The molecule has 5 nitrogen and oxygen atoms in total. The third-order valence-corrected chi connectivity index (χ3v) is 10.8. The van der Waals surface area contributed by atoms with Crippen molar-refractivity contribution in [3.63, 3.8) is 0 Å². The summed E-state index contributed by atoms with van der Waals surface area (Å²) in [4.78, 5) is 19.1. The van der Waals surface area contributed by atoms with Crippen LogP contribution >= 0.6 is 0 Å². The van der Waals surface area contributed by atoms with E-state index in [2.05, 4.69) is 120 Å². The smallest absolute Gasteiger partial charge is 0.0970 e. The summed E-state index contributed by atoms with van der Waals surface area (Å²) in [5.74, 6) is 0. The molecule has 0 bridgehead atoms. The number of hydrogen-bond donors (Lipinski definition) is 0. The Hall–Kier alpha value is -6.98. The molecule has 0 aliphatic heterocycles. The van der Waals surface area contributed by atoms with Gasteiger partial charge in [-0.25, -0.2) is 0 Å². The van der Waals surface area contributed by atoms with E-state index in [4.69, 9.17) is 19.9 Å². The highest BCUT2D eigenvalue weighted by molar-refractivity contribution is 6.29. The van der Waals surface area contributed by atoms with Gasteiger partial charge in [-0.3, -0.25) is 19.9 Å². The van der Waals surface area contributed by atoms with Gasteiger partial charge in [0.2, 0.25) is 0 Å². The SMILES string of the molecule is c1cnc2c(c1)ccc1c(-c3cc4cccc5c4c(c3)c3cc(-c4ccnc6c4ccc4cccnc46)cc4c6ccccc6n5c34)ccnc12. The molecule has 0 atom stereocenters. The molecular formula is C46H25N5. The van der Waals surface area contributed by atoms with Gasteiger partial charge in [0.15, 0.2) is 0 Å². The molecule has 0 saturated carbocycles. The van der Waals surface area contributed by atoms with E-state index >= 15 is 0 Å². The summed E-state index contributed by atoms with van der Waals surface area (Å²) in [7, 11) is 0. The van der Waals surface area contributed by atoms with Crippen LogP contribution in [0, 0.1) is 0 Å². The maximum Gasteiger partial charge on any atom is 0.0970 e. The zero-order chi connectivity index (χ0) is 33.2. The fourth-order valence-corrected chi connectivity index (χ4v) is 8.68. The maximum atomic E-state index is 4.84. The Morgan fingerprint density at radius 2 is 0.922 bits per heavy atom. The van der Waals surface area contributed by atoms with E-state index < -0.39 is 0 Å². The Morgan fingerprint density at radius 3 is 1.63 bits per heavy atom. The fourth-order valence-electron chi connectivity index (χ4n) is 8.68. The van der Waals surface area contributed by atoms with Crippen LogP contribution in [0.1, 0.15) is 0 Å². The lowest BCUT2D eigenvalue weighted by molar-refractivity contribution is 1.35. The molecule has 0 amide bonds. The van der Waals surface area contributed by atoms with Crippen LogP contribution in [-0.4, -0.2) is 24.3 Å². The molecule has 12 aromatic rings. The molecule has 0 N–H and O–H groups in total. The van der Waals surface area contributed by atoms with Crippen LogP contribution in [-0.2, 0) is 0 Å². The van der Waals surface area contributed by atoms with Gasteiger partial charge in [-0.05, 0) is 93.7 Å². The molecule has 51 heavy (non-hydrogen) atoms. The Balaban J connectivity index is 1.24. The van der Waals surface area contributed by atoms with Gasteiger partial charge in [0.05, 0.1) is 38.6 Å². The number of pyridine rings is 5. The highest BCUT2D eigenvalue weighted by Gasteiger charge is 2.21. The molecular weight excluding hydrogens is 623 g/mol. The lowest BCUT2D eigenvalue weighted by atomic mass is 9.91. The zero-order valence-corrected chi connectivity index (χ0v) is 27.2. The summed E-state index contributed by atoms with van der Waals surface area (Å²) in [6, 6.07) is 46.1. The van der Waals surface area contributed by atoms with Crippen molar-refractivity contribution in [2.75, 3.05) is 0 Å². The van der Waals surface area contributed by atoms with E-state index in [-0.39, 0.29) is 0 Å². The summed E-state index contributed by atoms with van der Waals surface area (Å²) in [6.07, 6.45) is 7.54. The van der Waals surface area contributed by atoms with Crippen molar-refractivity contribution < 1.29 is 0 Å². The molecule has 5 heteroatoms. The summed E-state index contributed by atoms with van der Waals surface area (Å²) < 4.78 is 2.47. The highest BCUT2D eigenvalue weighted by atomic mass is 14.9. The zero-order valence-electron chi connectivity index (χ0n) is 27.2. The third kappa shape index (κ3) is 3.59. The van der Waals surface area contributed by atoms with Crippen LogP contribution in [0.25, 0.3) is 115 Å². The summed E-state index contributed by atoms with van der Waals surface area (Å²) in [6.45, 7) is 0. The first-order valence-electron chi connectivity index (χ1n) is 17.2. The number of aromatic nitrogens is 5. The lowest BCUT2D eigenvalue weighted by Gasteiger charge is -2.17. The molecule has 6 aromatic heterocycles. The number of fused-ring (bicyclic) bond motifs is 11. The monoisotopic (exact) mass is 647 g/mol. The molecule has 0 saturated heterocycles. The average Bonchev–Trinajstić information content (AvgIpc) is 3.53. The van der Waals surface area contributed by atoms with Gasteiger partial charge < -0.3 is 4.40 Å². The largest absolute Gasteiger partial charge is 0.308 e. The van der Waals surface area contributed by atoms with Crippen LogP contribution in [0.5, 0.6) is 0 Å². The first-order chi connectivity index (χ1) is 25.3. The van der Waals surface area contributed by atoms with Crippen molar-refractivity contribution in [3.05, 3.63) is 152 Å². The number of rotatable bonds is 2. The summed E-state index contributed by atoms with van der Waals surface area (Å²) in [5, 5.41) is 11.8. The first kappa shape index (κ1) is 26.9. The minimum absolute atomic E-state index is 0.920. The molecule has 234 valence electrons. The van der Waals surface area contributed by atoms with E-state index in [1.165, 1.54) is 48.9 Å². The van der Waals surface area contributed by atoms with E-state index in [1.54, 1.807) is 0 Å². The van der Waals surface area contributed by atoms with Crippen LogP contribution in [0.2, 0.25) is 0 Å². The number of hydrogen-bond acceptors (Lipinski definition) is 4. The van der Waals surface area contributed by atoms with Gasteiger partial charge in [0.25, 0.3) is 0 Å². The second-order valence-electron chi connectivity index (χ2n) is 13.5. The topological polar surface area (TPSA) is 56.0 Å². The molecule has 0 fully saturated rings. The number of para-hydroxylation sites is 1. The van der Waals surface area contributed by atoms with Gasteiger partial charge in [0, 0.05) is 67.9 Å². The number of benzene rings is 6. The minimum Gasteiger partial charge on any atom is -0.308 e. The predicted molar refractivity (Wildman–Crippen MR) is 211 cm³/mol. The molecule has 0 aliphatic rings. The van der Waals surface area contributed by atoms with E-state index in [1.807, 2.05) is 36.9 Å². The quantitative estimate of drug-likeness (QED) is 0.138. The number of nitrogens with zero attached hydrogens (tertiary/aromatic N) is 5. The van der Waals surface area contributed by atoms with Crippen LogP contribution < -0.4 is 0 Å². The van der Waals surface area contributed by atoms with Crippen molar-refractivity contribution >= 4 is 92.5 Å². The summed E-state index contributed by atoms with van der Waals surface area (Å²) >= 11 is 0. The van der Waals surface area contributed by atoms with Crippen LogP contribution in [0.15, 0.2) is 152 Å². The predicted octanol–water partition coefficient (Wildman–Crippen LogP) is 11.5. The molecule has 12 rings (SSSR count). The van der Waals surface area contributed by atoms with Crippen LogP contribution in [0.3, 0.4) is 0 Å². The van der Waals surface area contributed by atoms with Crippen molar-refractivity contribution in [1.82, 2.24) is 24.3 Å². The van der Waals surface area contributed by atoms with E-state index in [0.717, 1.165) is 65.9 Å². The summed E-state index contributed by atoms with van der Waals surface area (Å²) in [5.41, 5.74) is 12.0. The Labute approximate surface area is 290 Å². The lowest BCUT2D eigenvalue weighted by Crippen LogP contribution is -1.95. The second-order valence-corrected chi connectivity index (χ2v) is 13.5. The highest BCUT2D eigenvalue weighted by Crippen LogP contribution is 2.45. The molecule has 0 aliphatic carbocycles. The van der Waals surface area contributed by atoms with Gasteiger partial charge in [0.1, 0.15) is 0 Å². The molecule has 0 unspecified atom stereocenters. The average molecular weight is 648 g/mol. The molecule has 0 radical (unpaired) electrons. The molecule has 0 spiro atoms. The Morgan fingerprint density at radius 1 is 0.353 bits per heavy atom. The van der Waals surface area contributed by atoms with E-state index in [0.29, 0.717) is 0 Å². The first-order valence-corrected chi connectivity index (χ1v) is 17.2. The Bertz CT molecular complexity index is 3430. The second kappa shape index (κ2) is 9.80. The molecule has 6 aromatic carbocycles. The van der Waals surface area contributed by atoms with Gasteiger partial charge in [-0.2, -0.15) is 0 Å². The van der Waals surface area contributed by atoms with Gasteiger partial charge in [-0.15, -0.1) is 0 Å². The van der Waals surface area contributed by atoms with Gasteiger partial charge >= 0.3 is 0 Å². The van der Waals surface area contributed by atoms with Crippen molar-refractivity contribution in [2.24, 2.45) is 0 Å². The fraction of sp³-hybridized carbons (Fsp3) is 0. The van der Waals surface area contributed by atoms with Crippen LogP contribution in [0.4, 0.5) is 0 Å². The van der Waals surface area contributed by atoms with E-state index in [9.17, 15) is 0 Å². The minimum atomic E-state index is 0.920. The van der Waals surface area contributed by atoms with Crippen molar-refractivity contribution in [1.29, 1.82) is 0 Å². The maximum absolute atomic E-state index is 4.84. The van der Waals surface area contributed by atoms with Crippen molar-refractivity contribution in [3.8, 4) is 22.3 Å².